The summed E-state index contributed by atoms with van der Waals surface area (Å²) in [6.07, 6.45) is 1.97. The van der Waals surface area contributed by atoms with Gasteiger partial charge in [0.2, 0.25) is 11.8 Å². The number of carbonyl (C=O) groups is 2. The molecule has 6 heteroatoms. The van der Waals surface area contributed by atoms with Crippen LogP contribution in [-0.4, -0.2) is 29.4 Å². The van der Waals surface area contributed by atoms with E-state index in [-0.39, 0.29) is 30.9 Å². The third-order valence-corrected chi connectivity index (χ3v) is 4.35. The van der Waals surface area contributed by atoms with Gasteiger partial charge >= 0.3 is 0 Å². The van der Waals surface area contributed by atoms with Crippen LogP contribution in [0, 0.1) is 0 Å². The summed E-state index contributed by atoms with van der Waals surface area (Å²) in [5.74, 6) is 0.456. The van der Waals surface area contributed by atoms with Crippen LogP contribution in [0.1, 0.15) is 27.2 Å². The van der Waals surface area contributed by atoms with Crippen molar-refractivity contribution in [2.75, 3.05) is 16.8 Å². The second-order valence-corrected chi connectivity index (χ2v) is 7.01. The van der Waals surface area contributed by atoms with E-state index in [0.717, 1.165) is 16.7 Å². The number of para-hydroxylation sites is 1. The van der Waals surface area contributed by atoms with Gasteiger partial charge in [-0.3, -0.25) is 14.6 Å². The van der Waals surface area contributed by atoms with E-state index in [4.69, 9.17) is 4.74 Å². The Morgan fingerprint density at radius 1 is 1.07 bits per heavy atom. The molecule has 0 aliphatic heterocycles. The number of rotatable bonds is 7. The Balaban J connectivity index is 1.66. The highest BCUT2D eigenvalue weighted by atomic mass is 16.5. The fraction of sp³-hybridized carbons (Fsp3) is 0.261. The van der Waals surface area contributed by atoms with Crippen molar-refractivity contribution in [2.24, 2.45) is 0 Å². The number of carbonyl (C=O) groups excluding carboxylic acids is 2. The smallest absolute Gasteiger partial charge is 0.226 e. The molecule has 3 rings (SSSR count). The third kappa shape index (κ3) is 5.31. The molecular formula is C23H25N3O3. The molecule has 1 N–H and O–H groups in total. The van der Waals surface area contributed by atoms with Gasteiger partial charge in [0.25, 0.3) is 0 Å². The van der Waals surface area contributed by atoms with Gasteiger partial charge in [-0.1, -0.05) is 18.2 Å². The Hall–Kier alpha value is -3.41. The number of benzene rings is 2. The van der Waals surface area contributed by atoms with Crippen LogP contribution in [-0.2, 0) is 9.59 Å². The molecule has 1 aromatic heterocycles. The van der Waals surface area contributed by atoms with E-state index in [0.29, 0.717) is 11.4 Å². The van der Waals surface area contributed by atoms with Crippen LogP contribution in [0.5, 0.6) is 5.75 Å². The molecule has 0 unspecified atom stereocenters. The molecule has 29 heavy (non-hydrogen) atoms. The minimum absolute atomic E-state index is 0.0940. The summed E-state index contributed by atoms with van der Waals surface area (Å²) in [7, 11) is 0. The highest BCUT2D eigenvalue weighted by Crippen LogP contribution is 2.25. The topological polar surface area (TPSA) is 71.5 Å². The summed E-state index contributed by atoms with van der Waals surface area (Å²) in [6.45, 7) is 5.68. The fourth-order valence-electron chi connectivity index (χ4n) is 3.08. The quantitative estimate of drug-likeness (QED) is 0.648. The summed E-state index contributed by atoms with van der Waals surface area (Å²) >= 11 is 0. The van der Waals surface area contributed by atoms with Gasteiger partial charge < -0.3 is 15.0 Å². The van der Waals surface area contributed by atoms with Gasteiger partial charge in [0, 0.05) is 37.2 Å². The molecule has 0 spiro atoms. The van der Waals surface area contributed by atoms with E-state index in [1.165, 1.54) is 6.92 Å². The van der Waals surface area contributed by atoms with Gasteiger partial charge in [-0.2, -0.15) is 0 Å². The Kier molecular flexibility index (Phi) is 6.44. The molecule has 0 radical (unpaired) electrons. The van der Waals surface area contributed by atoms with Gasteiger partial charge in [0.05, 0.1) is 17.3 Å². The number of pyridine rings is 1. The fourth-order valence-corrected chi connectivity index (χ4v) is 3.08. The van der Waals surface area contributed by atoms with E-state index < -0.39 is 0 Å². The zero-order chi connectivity index (χ0) is 20.8. The number of anilines is 2. The monoisotopic (exact) mass is 391 g/mol. The lowest BCUT2D eigenvalue weighted by atomic mass is 10.1. The molecule has 0 saturated heterocycles. The first-order valence-electron chi connectivity index (χ1n) is 9.62. The zero-order valence-electron chi connectivity index (χ0n) is 16.9. The predicted molar refractivity (Wildman–Crippen MR) is 115 cm³/mol. The lowest BCUT2D eigenvalue weighted by molar-refractivity contribution is -0.117. The van der Waals surface area contributed by atoms with Gasteiger partial charge in [-0.05, 0) is 50.2 Å². The molecular weight excluding hydrogens is 366 g/mol. The Morgan fingerprint density at radius 2 is 1.79 bits per heavy atom. The van der Waals surface area contributed by atoms with E-state index in [1.54, 1.807) is 23.2 Å². The maximum Gasteiger partial charge on any atom is 0.226 e. The average Bonchev–Trinajstić information content (AvgIpc) is 2.69. The predicted octanol–water partition coefficient (Wildman–Crippen LogP) is 4.40. The summed E-state index contributed by atoms with van der Waals surface area (Å²) in [4.78, 5) is 30.6. The lowest BCUT2D eigenvalue weighted by Crippen LogP contribution is -2.32. The van der Waals surface area contributed by atoms with Crippen molar-refractivity contribution in [3.63, 3.8) is 0 Å². The van der Waals surface area contributed by atoms with Gasteiger partial charge in [-0.15, -0.1) is 0 Å². The molecule has 6 nitrogen and oxygen atoms in total. The van der Waals surface area contributed by atoms with Crippen LogP contribution in [0.2, 0.25) is 0 Å². The molecule has 2 amide bonds. The molecule has 0 atom stereocenters. The van der Waals surface area contributed by atoms with Crippen LogP contribution in [0.4, 0.5) is 11.4 Å². The minimum atomic E-state index is -0.165. The second kappa shape index (κ2) is 9.19. The molecule has 1 heterocycles. The number of nitrogens with one attached hydrogen (secondary N) is 1. The van der Waals surface area contributed by atoms with Crippen molar-refractivity contribution in [3.8, 4) is 5.75 Å². The van der Waals surface area contributed by atoms with Crippen LogP contribution in [0.25, 0.3) is 10.9 Å². The van der Waals surface area contributed by atoms with E-state index in [1.807, 2.05) is 56.3 Å². The zero-order valence-corrected chi connectivity index (χ0v) is 16.9. The van der Waals surface area contributed by atoms with Crippen molar-refractivity contribution in [3.05, 3.63) is 60.8 Å². The number of aromatic nitrogens is 1. The number of hydrogen-bond donors (Lipinski definition) is 1. The number of ether oxygens (including phenoxy) is 1. The molecule has 0 aliphatic rings. The Bertz CT molecular complexity index is 994. The van der Waals surface area contributed by atoms with Crippen LogP contribution < -0.4 is 15.0 Å². The van der Waals surface area contributed by atoms with Crippen LogP contribution in [0.15, 0.2) is 60.8 Å². The summed E-state index contributed by atoms with van der Waals surface area (Å²) in [5.41, 5.74) is 2.14. The van der Waals surface area contributed by atoms with Crippen LogP contribution in [0.3, 0.4) is 0 Å². The van der Waals surface area contributed by atoms with E-state index in [9.17, 15) is 9.59 Å². The molecule has 3 aromatic rings. The first-order chi connectivity index (χ1) is 13.9. The Morgan fingerprint density at radius 3 is 2.48 bits per heavy atom. The lowest BCUT2D eigenvalue weighted by Gasteiger charge is -2.22. The summed E-state index contributed by atoms with van der Waals surface area (Å²) in [6, 6.07) is 16.7. The molecule has 0 aliphatic carbocycles. The Labute approximate surface area is 170 Å². The SMILES string of the molecule is CC(=O)N(CCC(=O)Nc1ccc(OC(C)C)cc1)c1cccc2cccnc12. The molecule has 0 fully saturated rings. The van der Waals surface area contributed by atoms with E-state index >= 15 is 0 Å². The van der Waals surface area contributed by atoms with Crippen molar-refractivity contribution < 1.29 is 14.3 Å². The van der Waals surface area contributed by atoms with Crippen LogP contribution >= 0.6 is 0 Å². The van der Waals surface area contributed by atoms with Gasteiger partial charge in [-0.25, -0.2) is 0 Å². The van der Waals surface area contributed by atoms with Gasteiger partial charge in [0.1, 0.15) is 5.75 Å². The average molecular weight is 391 g/mol. The number of amides is 2. The highest BCUT2D eigenvalue weighted by molar-refractivity contribution is 6.01. The first-order valence-corrected chi connectivity index (χ1v) is 9.62. The maximum atomic E-state index is 12.4. The van der Waals surface area contributed by atoms with Gasteiger partial charge in [0.15, 0.2) is 0 Å². The number of hydrogen-bond acceptors (Lipinski definition) is 4. The highest BCUT2D eigenvalue weighted by Gasteiger charge is 2.16. The third-order valence-electron chi connectivity index (χ3n) is 4.35. The normalized spacial score (nSPS) is 10.8. The molecule has 2 aromatic carbocycles. The largest absolute Gasteiger partial charge is 0.491 e. The van der Waals surface area contributed by atoms with E-state index in [2.05, 4.69) is 10.3 Å². The standard InChI is InChI=1S/C23H25N3O3/c1-16(2)29-20-11-9-19(10-12-20)25-22(28)13-15-26(17(3)27)21-8-4-6-18-7-5-14-24-23(18)21/h4-12,14,16H,13,15H2,1-3H3,(H,25,28). The van der Waals surface area contributed by atoms with Crippen molar-refractivity contribution in [1.29, 1.82) is 0 Å². The maximum absolute atomic E-state index is 12.4. The molecule has 0 bridgehead atoms. The molecule has 150 valence electrons. The summed E-state index contributed by atoms with van der Waals surface area (Å²) in [5, 5.41) is 3.81. The van der Waals surface area contributed by atoms with Crippen molar-refractivity contribution in [2.45, 2.75) is 33.3 Å². The minimum Gasteiger partial charge on any atom is -0.491 e. The van der Waals surface area contributed by atoms with Crippen molar-refractivity contribution >= 4 is 34.1 Å². The molecule has 0 saturated carbocycles. The number of nitrogens with zero attached hydrogens (tertiary/aromatic N) is 2. The second-order valence-electron chi connectivity index (χ2n) is 7.01. The number of fused-ring (bicyclic) bond motifs is 1. The summed E-state index contributed by atoms with van der Waals surface area (Å²) < 4.78 is 5.60. The van der Waals surface area contributed by atoms with Crippen molar-refractivity contribution in [1.82, 2.24) is 4.98 Å². The first kappa shape index (κ1) is 20.3.